The third-order valence-electron chi connectivity index (χ3n) is 3.77. The highest BCUT2D eigenvalue weighted by molar-refractivity contribution is 7.99. The second-order valence-corrected chi connectivity index (χ2v) is 6.23. The summed E-state index contributed by atoms with van der Waals surface area (Å²) in [5.74, 6) is 0.802. The number of nitrogens with one attached hydrogen (secondary N) is 1. The largest absolute Gasteiger partial charge is 0.480 e. The molecule has 1 heterocycles. The van der Waals surface area contributed by atoms with Crippen molar-refractivity contribution in [2.24, 2.45) is 5.92 Å². The number of aliphatic carboxylic acids is 1. The highest BCUT2D eigenvalue weighted by Gasteiger charge is 2.35. The number of thioether (sulfide) groups is 1. The third-order valence-corrected chi connectivity index (χ3v) is 4.78. The number of hydrogen-bond acceptors (Lipinski definition) is 3. The molecule has 0 unspecified atom stereocenters. The Morgan fingerprint density at radius 3 is 2.56 bits per heavy atom. The van der Waals surface area contributed by atoms with Gasteiger partial charge in [0.15, 0.2) is 0 Å². The molecule has 0 radical (unpaired) electrons. The standard InChI is InChI=1S/C12H20N2O3S/c1-8-2-4-9(5-3-8)13-12(17)14-7-18-6-10(14)11(15)16/h8-10H,2-7H2,1H3,(H,13,17)(H,15,16)/t8?,9?,10-/m0/s1. The van der Waals surface area contributed by atoms with Gasteiger partial charge in [0.2, 0.25) is 0 Å². The Morgan fingerprint density at radius 1 is 1.28 bits per heavy atom. The Morgan fingerprint density at radius 2 is 1.94 bits per heavy atom. The zero-order chi connectivity index (χ0) is 13.1. The van der Waals surface area contributed by atoms with E-state index in [4.69, 9.17) is 5.11 Å². The number of hydrogen-bond donors (Lipinski definition) is 2. The Kier molecular flexibility index (Phi) is 4.37. The molecule has 1 aliphatic carbocycles. The fourth-order valence-electron chi connectivity index (χ4n) is 2.51. The number of carboxylic acid groups (broad SMARTS) is 1. The van der Waals surface area contributed by atoms with Crippen molar-refractivity contribution in [3.8, 4) is 0 Å². The van der Waals surface area contributed by atoms with E-state index in [0.717, 1.165) is 31.6 Å². The molecule has 1 saturated heterocycles. The van der Waals surface area contributed by atoms with Gasteiger partial charge >= 0.3 is 12.0 Å². The van der Waals surface area contributed by atoms with E-state index in [9.17, 15) is 9.59 Å². The molecular weight excluding hydrogens is 252 g/mol. The minimum atomic E-state index is -0.910. The predicted octanol–water partition coefficient (Wildman–Crippen LogP) is 1.73. The molecule has 2 amide bonds. The molecule has 18 heavy (non-hydrogen) atoms. The lowest BCUT2D eigenvalue weighted by molar-refractivity contribution is -0.140. The smallest absolute Gasteiger partial charge is 0.327 e. The minimum Gasteiger partial charge on any atom is -0.480 e. The van der Waals surface area contributed by atoms with Gasteiger partial charge in [0.25, 0.3) is 0 Å². The van der Waals surface area contributed by atoms with E-state index in [1.54, 1.807) is 0 Å². The molecule has 102 valence electrons. The van der Waals surface area contributed by atoms with E-state index in [1.165, 1.54) is 16.7 Å². The van der Waals surface area contributed by atoms with E-state index in [1.807, 2.05) is 0 Å². The van der Waals surface area contributed by atoms with Crippen molar-refractivity contribution in [2.45, 2.75) is 44.7 Å². The summed E-state index contributed by atoms with van der Waals surface area (Å²) in [6.07, 6.45) is 4.29. The highest BCUT2D eigenvalue weighted by Crippen LogP contribution is 2.25. The molecule has 2 aliphatic rings. The van der Waals surface area contributed by atoms with E-state index in [2.05, 4.69) is 12.2 Å². The number of carbonyl (C=O) groups is 2. The maximum absolute atomic E-state index is 12.0. The maximum Gasteiger partial charge on any atom is 0.327 e. The van der Waals surface area contributed by atoms with Gasteiger partial charge in [0, 0.05) is 11.8 Å². The van der Waals surface area contributed by atoms with Crippen molar-refractivity contribution in [1.82, 2.24) is 10.2 Å². The lowest BCUT2D eigenvalue weighted by atomic mass is 9.87. The first-order valence-corrected chi connectivity index (χ1v) is 7.61. The fraction of sp³-hybridized carbons (Fsp3) is 0.833. The summed E-state index contributed by atoms with van der Waals surface area (Å²) in [6.45, 7) is 2.23. The Bertz CT molecular complexity index is 329. The monoisotopic (exact) mass is 272 g/mol. The van der Waals surface area contributed by atoms with Crippen LogP contribution in [0.25, 0.3) is 0 Å². The molecule has 2 rings (SSSR count). The first-order valence-electron chi connectivity index (χ1n) is 6.45. The van der Waals surface area contributed by atoms with Crippen LogP contribution in [0.3, 0.4) is 0 Å². The Hall–Kier alpha value is -0.910. The average molecular weight is 272 g/mol. The zero-order valence-electron chi connectivity index (χ0n) is 10.6. The predicted molar refractivity (Wildman–Crippen MR) is 70.5 cm³/mol. The summed E-state index contributed by atoms with van der Waals surface area (Å²) in [5, 5.41) is 12.0. The number of rotatable bonds is 2. The molecule has 0 spiro atoms. The van der Waals surface area contributed by atoms with Gasteiger partial charge in [-0.15, -0.1) is 11.8 Å². The van der Waals surface area contributed by atoms with Crippen molar-refractivity contribution in [2.75, 3.05) is 11.6 Å². The lowest BCUT2D eigenvalue weighted by Gasteiger charge is -2.29. The van der Waals surface area contributed by atoms with Crippen molar-refractivity contribution in [3.63, 3.8) is 0 Å². The number of urea groups is 1. The molecule has 6 heteroatoms. The van der Waals surface area contributed by atoms with E-state index in [-0.39, 0.29) is 12.1 Å². The molecule has 0 aromatic rings. The molecule has 2 fully saturated rings. The Balaban J connectivity index is 1.86. The summed E-state index contributed by atoms with van der Waals surface area (Å²) in [5.41, 5.74) is 0. The van der Waals surface area contributed by atoms with Crippen molar-refractivity contribution >= 4 is 23.8 Å². The summed E-state index contributed by atoms with van der Waals surface area (Å²) in [7, 11) is 0. The normalized spacial score (nSPS) is 32.3. The van der Waals surface area contributed by atoms with E-state index in [0.29, 0.717) is 11.6 Å². The van der Waals surface area contributed by atoms with Gasteiger partial charge < -0.3 is 15.3 Å². The highest BCUT2D eigenvalue weighted by atomic mass is 32.2. The van der Waals surface area contributed by atoms with Gasteiger partial charge in [-0.25, -0.2) is 9.59 Å². The summed E-state index contributed by atoms with van der Waals surface area (Å²) in [4.78, 5) is 24.5. The number of nitrogens with zero attached hydrogens (tertiary/aromatic N) is 1. The second-order valence-electron chi connectivity index (χ2n) is 5.23. The van der Waals surface area contributed by atoms with Crippen LogP contribution in [0.2, 0.25) is 0 Å². The van der Waals surface area contributed by atoms with Gasteiger partial charge in [-0.3, -0.25) is 0 Å². The lowest BCUT2D eigenvalue weighted by Crippen LogP contribution is -2.50. The topological polar surface area (TPSA) is 69.6 Å². The summed E-state index contributed by atoms with van der Waals surface area (Å²) < 4.78 is 0. The van der Waals surface area contributed by atoms with Gasteiger partial charge in [-0.1, -0.05) is 6.92 Å². The van der Waals surface area contributed by atoms with Crippen LogP contribution < -0.4 is 5.32 Å². The molecule has 0 aromatic carbocycles. The van der Waals surface area contributed by atoms with Crippen molar-refractivity contribution < 1.29 is 14.7 Å². The van der Waals surface area contributed by atoms with E-state index >= 15 is 0 Å². The number of amides is 2. The van der Waals surface area contributed by atoms with Crippen LogP contribution in [-0.2, 0) is 4.79 Å². The zero-order valence-corrected chi connectivity index (χ0v) is 11.4. The van der Waals surface area contributed by atoms with Crippen molar-refractivity contribution in [1.29, 1.82) is 0 Å². The number of carboxylic acids is 1. The van der Waals surface area contributed by atoms with Crippen molar-refractivity contribution in [3.05, 3.63) is 0 Å². The van der Waals surface area contributed by atoms with Crippen LogP contribution >= 0.6 is 11.8 Å². The first kappa shape index (κ1) is 13.5. The van der Waals surface area contributed by atoms with Crippen LogP contribution in [-0.4, -0.2) is 45.7 Å². The van der Waals surface area contributed by atoms with Crippen LogP contribution in [0, 0.1) is 5.92 Å². The maximum atomic E-state index is 12.0. The summed E-state index contributed by atoms with van der Waals surface area (Å²) >= 11 is 1.49. The third kappa shape index (κ3) is 3.10. The van der Waals surface area contributed by atoms with Crippen LogP contribution in [0.15, 0.2) is 0 Å². The average Bonchev–Trinajstić information content (AvgIpc) is 2.81. The van der Waals surface area contributed by atoms with Crippen LogP contribution in [0.5, 0.6) is 0 Å². The summed E-state index contributed by atoms with van der Waals surface area (Å²) in [6, 6.07) is -0.668. The Labute approximate surface area is 111 Å². The molecule has 1 saturated carbocycles. The first-order chi connectivity index (χ1) is 8.58. The van der Waals surface area contributed by atoms with E-state index < -0.39 is 12.0 Å². The van der Waals surface area contributed by atoms with Gasteiger partial charge in [-0.2, -0.15) is 0 Å². The second kappa shape index (κ2) is 5.82. The SMILES string of the molecule is CC1CCC(NC(=O)N2CSC[C@H]2C(=O)O)CC1. The molecule has 0 bridgehead atoms. The van der Waals surface area contributed by atoms with Crippen LogP contribution in [0.1, 0.15) is 32.6 Å². The number of carbonyl (C=O) groups excluding carboxylic acids is 1. The molecule has 2 N–H and O–H groups in total. The molecule has 0 aromatic heterocycles. The molecule has 5 nitrogen and oxygen atoms in total. The van der Waals surface area contributed by atoms with Gasteiger partial charge in [0.05, 0.1) is 5.88 Å². The quantitative estimate of drug-likeness (QED) is 0.803. The molecular formula is C12H20N2O3S. The van der Waals surface area contributed by atoms with Crippen LogP contribution in [0.4, 0.5) is 4.79 Å². The minimum absolute atomic E-state index is 0.216. The molecule has 1 aliphatic heterocycles. The van der Waals surface area contributed by atoms with Gasteiger partial charge in [-0.05, 0) is 31.6 Å². The van der Waals surface area contributed by atoms with Gasteiger partial charge in [0.1, 0.15) is 6.04 Å². The molecule has 1 atom stereocenters. The fourth-order valence-corrected chi connectivity index (χ4v) is 3.65.